The number of hydrogen-bond donors (Lipinski definition) is 3. The summed E-state index contributed by atoms with van der Waals surface area (Å²) >= 11 is 0. The molecule has 3 N–H and O–H groups in total. The summed E-state index contributed by atoms with van der Waals surface area (Å²) in [5.74, 6) is 2.42. The number of nitrogens with zero attached hydrogens (tertiary/aromatic N) is 5. The van der Waals surface area contributed by atoms with E-state index in [1.165, 1.54) is 5.56 Å². The fourth-order valence-electron chi connectivity index (χ4n) is 3.13. The Morgan fingerprint density at radius 1 is 1.19 bits per heavy atom. The zero-order valence-corrected chi connectivity index (χ0v) is 18.9. The fraction of sp³-hybridized carbons (Fsp3) is 0.455. The van der Waals surface area contributed by atoms with Gasteiger partial charge in [0.1, 0.15) is 17.9 Å². The summed E-state index contributed by atoms with van der Waals surface area (Å²) in [6.45, 7) is 10.9. The monoisotopic (exact) mass is 424 g/mol. The van der Waals surface area contributed by atoms with Crippen molar-refractivity contribution < 1.29 is 4.74 Å². The van der Waals surface area contributed by atoms with E-state index in [0.717, 1.165) is 40.7 Å². The van der Waals surface area contributed by atoms with Gasteiger partial charge in [-0.25, -0.2) is 15.0 Å². The van der Waals surface area contributed by atoms with Crippen LogP contribution in [0.25, 0.3) is 11.0 Å². The lowest BCUT2D eigenvalue weighted by Crippen LogP contribution is -2.39. The molecule has 0 saturated heterocycles. The molecule has 3 aromatic rings. The highest BCUT2D eigenvalue weighted by Crippen LogP contribution is 2.22. The first-order valence-corrected chi connectivity index (χ1v) is 10.6. The van der Waals surface area contributed by atoms with Crippen LogP contribution in [0.2, 0.25) is 0 Å². The van der Waals surface area contributed by atoms with Gasteiger partial charge in [-0.05, 0) is 39.3 Å². The lowest BCUT2D eigenvalue weighted by Gasteiger charge is -2.15. The van der Waals surface area contributed by atoms with Crippen LogP contribution in [-0.2, 0) is 13.6 Å². The summed E-state index contributed by atoms with van der Waals surface area (Å²) in [5.41, 5.74) is 3.04. The number of anilines is 1. The number of nitrogens with one attached hydrogen (secondary N) is 3. The van der Waals surface area contributed by atoms with Crippen molar-refractivity contribution in [2.24, 2.45) is 12.0 Å². The Balaban J connectivity index is 1.59. The molecule has 0 aliphatic carbocycles. The number of rotatable bonds is 9. The standard InChI is InChI=1S/C22H32N8O/c1-6-23-22(26-12-17-8-7-16(4)11-19(17)31-15(2)3)25-10-9-24-20-18-13-29-30(5)21(18)28-14-27-20/h7-8,11,13-15H,6,9-10,12H2,1-5H3,(H2,23,25,26)(H,24,27,28). The van der Waals surface area contributed by atoms with E-state index in [4.69, 9.17) is 9.73 Å². The molecule has 2 aromatic heterocycles. The van der Waals surface area contributed by atoms with E-state index in [1.807, 2.05) is 20.9 Å². The minimum absolute atomic E-state index is 0.120. The molecule has 31 heavy (non-hydrogen) atoms. The number of guanidine groups is 1. The average Bonchev–Trinajstić information content (AvgIpc) is 3.11. The summed E-state index contributed by atoms with van der Waals surface area (Å²) in [6.07, 6.45) is 3.44. The van der Waals surface area contributed by atoms with E-state index in [-0.39, 0.29) is 6.10 Å². The van der Waals surface area contributed by atoms with Crippen molar-refractivity contribution in [3.8, 4) is 5.75 Å². The Morgan fingerprint density at radius 3 is 2.81 bits per heavy atom. The summed E-state index contributed by atoms with van der Waals surface area (Å²) in [5, 5.41) is 15.1. The molecular formula is C22H32N8O. The van der Waals surface area contributed by atoms with E-state index in [2.05, 4.69) is 63.1 Å². The van der Waals surface area contributed by atoms with Crippen molar-refractivity contribution in [1.29, 1.82) is 0 Å². The van der Waals surface area contributed by atoms with Crippen LogP contribution in [0.15, 0.2) is 35.7 Å². The molecule has 0 aliphatic rings. The molecule has 9 nitrogen and oxygen atoms in total. The first-order chi connectivity index (χ1) is 15.0. The first-order valence-electron chi connectivity index (χ1n) is 10.6. The summed E-state index contributed by atoms with van der Waals surface area (Å²) in [6, 6.07) is 6.23. The normalized spacial score (nSPS) is 11.7. The van der Waals surface area contributed by atoms with Crippen LogP contribution in [0.1, 0.15) is 31.9 Å². The van der Waals surface area contributed by atoms with Crippen LogP contribution >= 0.6 is 0 Å². The molecule has 0 bridgehead atoms. The van der Waals surface area contributed by atoms with Gasteiger partial charge in [-0.3, -0.25) is 4.68 Å². The third-order valence-electron chi connectivity index (χ3n) is 4.58. The molecule has 0 saturated carbocycles. The lowest BCUT2D eigenvalue weighted by molar-refractivity contribution is 0.240. The molecule has 2 heterocycles. The molecule has 0 aliphatic heterocycles. The second-order valence-corrected chi connectivity index (χ2v) is 7.55. The largest absolute Gasteiger partial charge is 0.491 e. The highest BCUT2D eigenvalue weighted by Gasteiger charge is 2.08. The van der Waals surface area contributed by atoms with Gasteiger partial charge in [0.2, 0.25) is 0 Å². The second-order valence-electron chi connectivity index (χ2n) is 7.55. The van der Waals surface area contributed by atoms with Crippen LogP contribution in [0, 0.1) is 6.92 Å². The van der Waals surface area contributed by atoms with Gasteiger partial charge in [0.05, 0.1) is 24.2 Å². The van der Waals surface area contributed by atoms with E-state index < -0.39 is 0 Å². The molecule has 166 valence electrons. The molecule has 9 heteroatoms. The van der Waals surface area contributed by atoms with E-state index in [9.17, 15) is 0 Å². The minimum Gasteiger partial charge on any atom is -0.491 e. The number of ether oxygens (including phenoxy) is 1. The van der Waals surface area contributed by atoms with Gasteiger partial charge in [0.25, 0.3) is 0 Å². The second kappa shape index (κ2) is 10.6. The topological polar surface area (TPSA) is 101 Å². The van der Waals surface area contributed by atoms with E-state index >= 15 is 0 Å². The van der Waals surface area contributed by atoms with Crippen molar-refractivity contribution in [3.63, 3.8) is 0 Å². The SMILES string of the molecule is CCNC(=NCc1ccc(C)cc1OC(C)C)NCCNc1ncnc2c1cnn2C. The van der Waals surface area contributed by atoms with Gasteiger partial charge in [0.15, 0.2) is 11.6 Å². The zero-order chi connectivity index (χ0) is 22.2. The molecule has 0 spiro atoms. The Morgan fingerprint density at radius 2 is 2.03 bits per heavy atom. The van der Waals surface area contributed by atoms with Gasteiger partial charge >= 0.3 is 0 Å². The van der Waals surface area contributed by atoms with Gasteiger partial charge < -0.3 is 20.7 Å². The van der Waals surface area contributed by atoms with Gasteiger partial charge in [-0.2, -0.15) is 5.10 Å². The average molecular weight is 425 g/mol. The molecule has 0 radical (unpaired) electrons. The van der Waals surface area contributed by atoms with Crippen LogP contribution < -0.4 is 20.7 Å². The van der Waals surface area contributed by atoms with Gasteiger partial charge in [0, 0.05) is 32.2 Å². The lowest BCUT2D eigenvalue weighted by atomic mass is 10.1. The smallest absolute Gasteiger partial charge is 0.191 e. The molecule has 0 fully saturated rings. The summed E-state index contributed by atoms with van der Waals surface area (Å²) in [4.78, 5) is 13.3. The Kier molecular flexibility index (Phi) is 7.64. The Hall–Kier alpha value is -3.36. The number of aromatic nitrogens is 4. The summed E-state index contributed by atoms with van der Waals surface area (Å²) < 4.78 is 7.70. The van der Waals surface area contributed by atoms with Crippen molar-refractivity contribution in [2.45, 2.75) is 40.3 Å². The fourth-order valence-corrected chi connectivity index (χ4v) is 3.13. The number of fused-ring (bicyclic) bond motifs is 1. The van der Waals surface area contributed by atoms with Crippen molar-refractivity contribution in [3.05, 3.63) is 41.9 Å². The van der Waals surface area contributed by atoms with Crippen LogP contribution in [0.4, 0.5) is 5.82 Å². The van der Waals surface area contributed by atoms with Crippen LogP contribution in [0.3, 0.4) is 0 Å². The quantitative estimate of drug-likeness (QED) is 0.276. The zero-order valence-electron chi connectivity index (χ0n) is 18.9. The van der Waals surface area contributed by atoms with Gasteiger partial charge in [-0.1, -0.05) is 12.1 Å². The van der Waals surface area contributed by atoms with Crippen molar-refractivity contribution in [2.75, 3.05) is 25.0 Å². The molecule has 0 atom stereocenters. The van der Waals surface area contributed by atoms with Gasteiger partial charge in [-0.15, -0.1) is 0 Å². The Bertz CT molecular complexity index is 1030. The van der Waals surface area contributed by atoms with Crippen LogP contribution in [0.5, 0.6) is 5.75 Å². The third-order valence-corrected chi connectivity index (χ3v) is 4.58. The molecule has 0 unspecified atom stereocenters. The highest BCUT2D eigenvalue weighted by atomic mass is 16.5. The number of aryl methyl sites for hydroxylation is 2. The van der Waals surface area contributed by atoms with Crippen LogP contribution in [-0.4, -0.2) is 51.4 Å². The molecule has 3 rings (SSSR count). The Labute approximate surface area is 183 Å². The molecule has 0 amide bonds. The minimum atomic E-state index is 0.120. The van der Waals surface area contributed by atoms with E-state index in [0.29, 0.717) is 19.6 Å². The maximum atomic E-state index is 5.96. The molecular weight excluding hydrogens is 392 g/mol. The van der Waals surface area contributed by atoms with Crippen molar-refractivity contribution in [1.82, 2.24) is 30.4 Å². The maximum absolute atomic E-state index is 5.96. The predicted octanol–water partition coefficient (Wildman–Crippen LogP) is 2.63. The first kappa shape index (κ1) is 22.3. The summed E-state index contributed by atoms with van der Waals surface area (Å²) in [7, 11) is 1.87. The van der Waals surface area contributed by atoms with E-state index in [1.54, 1.807) is 17.2 Å². The number of hydrogen-bond acceptors (Lipinski definition) is 6. The van der Waals surface area contributed by atoms with Crippen molar-refractivity contribution >= 4 is 22.8 Å². The predicted molar refractivity (Wildman–Crippen MR) is 125 cm³/mol. The third kappa shape index (κ3) is 6.07. The number of aliphatic imine (C=N–C) groups is 1. The number of benzene rings is 1. The highest BCUT2D eigenvalue weighted by molar-refractivity contribution is 5.86. The molecule has 1 aromatic carbocycles. The maximum Gasteiger partial charge on any atom is 0.191 e.